The van der Waals surface area contributed by atoms with E-state index in [1.165, 1.54) is 18.2 Å². The number of carbonyl (C=O) groups is 1. The summed E-state index contributed by atoms with van der Waals surface area (Å²) in [7, 11) is 0. The molecule has 2 nitrogen and oxygen atoms in total. The second-order valence-corrected chi connectivity index (χ2v) is 3.76. The molecule has 1 N–H and O–H groups in total. The van der Waals surface area contributed by atoms with Crippen LogP contribution in [0.4, 0.5) is 4.39 Å². The quantitative estimate of drug-likeness (QED) is 0.808. The predicted octanol–water partition coefficient (Wildman–Crippen LogP) is 2.62. The van der Waals surface area contributed by atoms with Crippen LogP contribution in [0.1, 0.15) is 23.7 Å². The molecule has 1 aromatic rings. The molecule has 84 valence electrons. The Morgan fingerprint density at radius 1 is 1.69 bits per heavy atom. The predicted molar refractivity (Wildman–Crippen MR) is 61.8 cm³/mol. The third kappa shape index (κ3) is 2.98. The van der Waals surface area contributed by atoms with Gasteiger partial charge >= 0.3 is 0 Å². The van der Waals surface area contributed by atoms with Crippen molar-refractivity contribution in [3.63, 3.8) is 0 Å². The van der Waals surface area contributed by atoms with Gasteiger partial charge in [0.05, 0.1) is 10.6 Å². The summed E-state index contributed by atoms with van der Waals surface area (Å²) in [5.41, 5.74) is 0.116. The number of nitrogens with one attached hydrogen (secondary N) is 1. The maximum atomic E-state index is 13.1. The molecule has 0 aliphatic rings. The minimum Gasteiger partial charge on any atom is -0.349 e. The van der Waals surface area contributed by atoms with Crippen LogP contribution >= 0.6 is 11.6 Å². The van der Waals surface area contributed by atoms with E-state index in [0.29, 0.717) is 6.42 Å². The molecule has 0 radical (unpaired) electrons. The number of terminal acetylenes is 1. The standard InChI is InChI=1S/C12H11ClFNO/c1-3-5-8(2)15-12(16)9-6-4-7-10(14)11(9)13/h1,4,6-8H,5H2,2H3,(H,15,16). The van der Waals surface area contributed by atoms with Crippen LogP contribution in [0.15, 0.2) is 18.2 Å². The van der Waals surface area contributed by atoms with E-state index in [1.807, 2.05) is 0 Å². The lowest BCUT2D eigenvalue weighted by atomic mass is 10.1. The highest BCUT2D eigenvalue weighted by atomic mass is 35.5. The largest absolute Gasteiger partial charge is 0.349 e. The first-order valence-corrected chi connectivity index (χ1v) is 5.12. The van der Waals surface area contributed by atoms with E-state index in [2.05, 4.69) is 11.2 Å². The summed E-state index contributed by atoms with van der Waals surface area (Å²) >= 11 is 5.67. The van der Waals surface area contributed by atoms with Crippen LogP contribution in [0.25, 0.3) is 0 Å². The van der Waals surface area contributed by atoms with Crippen LogP contribution in [0.2, 0.25) is 5.02 Å². The highest BCUT2D eigenvalue weighted by molar-refractivity contribution is 6.34. The molecule has 1 rings (SSSR count). The second kappa shape index (κ2) is 5.53. The zero-order valence-electron chi connectivity index (χ0n) is 8.76. The fraction of sp³-hybridized carbons (Fsp3) is 0.250. The Bertz CT molecular complexity index is 439. The number of benzene rings is 1. The van der Waals surface area contributed by atoms with Crippen molar-refractivity contribution in [3.05, 3.63) is 34.6 Å². The van der Waals surface area contributed by atoms with Crippen molar-refractivity contribution < 1.29 is 9.18 Å². The van der Waals surface area contributed by atoms with E-state index < -0.39 is 11.7 Å². The van der Waals surface area contributed by atoms with Crippen LogP contribution < -0.4 is 5.32 Å². The van der Waals surface area contributed by atoms with E-state index in [1.54, 1.807) is 6.92 Å². The molecular formula is C12H11ClFNO. The third-order valence-corrected chi connectivity index (χ3v) is 2.38. The second-order valence-electron chi connectivity index (χ2n) is 3.38. The average molecular weight is 240 g/mol. The third-order valence-electron chi connectivity index (χ3n) is 2.00. The van der Waals surface area contributed by atoms with Gasteiger partial charge in [-0.2, -0.15) is 0 Å². The van der Waals surface area contributed by atoms with Crippen molar-refractivity contribution in [1.82, 2.24) is 5.32 Å². The first-order valence-electron chi connectivity index (χ1n) is 4.74. The average Bonchev–Trinajstić information content (AvgIpc) is 2.22. The van der Waals surface area contributed by atoms with Gasteiger partial charge in [-0.25, -0.2) is 4.39 Å². The molecule has 1 unspecified atom stereocenters. The number of hydrogen-bond acceptors (Lipinski definition) is 1. The molecular weight excluding hydrogens is 229 g/mol. The molecule has 0 saturated carbocycles. The zero-order valence-corrected chi connectivity index (χ0v) is 9.51. The van der Waals surface area contributed by atoms with Gasteiger partial charge in [0.1, 0.15) is 5.82 Å². The maximum Gasteiger partial charge on any atom is 0.253 e. The molecule has 0 aromatic heterocycles. The van der Waals surface area contributed by atoms with Crippen molar-refractivity contribution in [2.45, 2.75) is 19.4 Å². The van der Waals surface area contributed by atoms with Gasteiger partial charge < -0.3 is 5.32 Å². The molecule has 0 aliphatic carbocycles. The van der Waals surface area contributed by atoms with Crippen LogP contribution in [0.3, 0.4) is 0 Å². The van der Waals surface area contributed by atoms with E-state index in [-0.39, 0.29) is 16.6 Å². The summed E-state index contributed by atoms with van der Waals surface area (Å²) in [6, 6.07) is 3.92. The normalized spacial score (nSPS) is 11.6. The summed E-state index contributed by atoms with van der Waals surface area (Å²) in [6.45, 7) is 1.77. The van der Waals surface area contributed by atoms with Crippen LogP contribution in [-0.4, -0.2) is 11.9 Å². The number of halogens is 2. The molecule has 0 bridgehead atoms. The van der Waals surface area contributed by atoms with E-state index >= 15 is 0 Å². The Labute approximate surface area is 98.8 Å². The topological polar surface area (TPSA) is 29.1 Å². The summed E-state index contributed by atoms with van der Waals surface area (Å²) < 4.78 is 13.1. The van der Waals surface area contributed by atoms with Crippen molar-refractivity contribution >= 4 is 17.5 Å². The lowest BCUT2D eigenvalue weighted by molar-refractivity contribution is 0.0940. The fourth-order valence-corrected chi connectivity index (χ4v) is 1.42. The van der Waals surface area contributed by atoms with Crippen molar-refractivity contribution in [1.29, 1.82) is 0 Å². The maximum absolute atomic E-state index is 13.1. The van der Waals surface area contributed by atoms with Gasteiger partial charge in [-0.3, -0.25) is 4.79 Å². The van der Waals surface area contributed by atoms with Crippen molar-refractivity contribution in [2.75, 3.05) is 0 Å². The van der Waals surface area contributed by atoms with Crippen molar-refractivity contribution in [2.24, 2.45) is 0 Å². The zero-order chi connectivity index (χ0) is 12.1. The highest BCUT2D eigenvalue weighted by Crippen LogP contribution is 2.19. The summed E-state index contributed by atoms with van der Waals surface area (Å²) in [4.78, 5) is 11.7. The van der Waals surface area contributed by atoms with E-state index in [9.17, 15) is 9.18 Å². The molecule has 0 spiro atoms. The molecule has 4 heteroatoms. The first-order chi connectivity index (χ1) is 7.56. The van der Waals surface area contributed by atoms with Gasteiger partial charge in [-0.1, -0.05) is 17.7 Å². The minimum absolute atomic E-state index is 0.116. The monoisotopic (exact) mass is 239 g/mol. The number of carbonyl (C=O) groups excluding carboxylic acids is 1. The molecule has 0 aliphatic heterocycles. The Hall–Kier alpha value is -1.53. The first kappa shape index (κ1) is 12.5. The smallest absolute Gasteiger partial charge is 0.253 e. The highest BCUT2D eigenvalue weighted by Gasteiger charge is 2.14. The van der Waals surface area contributed by atoms with Gasteiger partial charge in [0, 0.05) is 12.5 Å². The SMILES string of the molecule is C#CCC(C)NC(=O)c1cccc(F)c1Cl. The number of amides is 1. The molecule has 16 heavy (non-hydrogen) atoms. The summed E-state index contributed by atoms with van der Waals surface area (Å²) in [5.74, 6) is 1.39. The van der Waals surface area contributed by atoms with E-state index in [0.717, 1.165) is 0 Å². The minimum atomic E-state index is -0.612. The van der Waals surface area contributed by atoms with Crippen LogP contribution in [0.5, 0.6) is 0 Å². The van der Waals surface area contributed by atoms with Gasteiger partial charge in [0.2, 0.25) is 0 Å². The Morgan fingerprint density at radius 3 is 3.00 bits per heavy atom. The molecule has 0 saturated heterocycles. The molecule has 1 aromatic carbocycles. The lowest BCUT2D eigenvalue weighted by Gasteiger charge is -2.11. The molecule has 1 atom stereocenters. The van der Waals surface area contributed by atoms with E-state index in [4.69, 9.17) is 18.0 Å². The van der Waals surface area contributed by atoms with Gasteiger partial charge in [0.15, 0.2) is 0 Å². The Morgan fingerprint density at radius 2 is 2.38 bits per heavy atom. The van der Waals surface area contributed by atoms with Crippen LogP contribution in [-0.2, 0) is 0 Å². The number of rotatable bonds is 3. The molecule has 0 fully saturated rings. The van der Waals surface area contributed by atoms with Crippen molar-refractivity contribution in [3.8, 4) is 12.3 Å². The fourth-order valence-electron chi connectivity index (χ4n) is 1.21. The Balaban J connectivity index is 2.82. The van der Waals surface area contributed by atoms with Gasteiger partial charge in [-0.15, -0.1) is 12.3 Å². The van der Waals surface area contributed by atoms with Gasteiger partial charge in [0.25, 0.3) is 5.91 Å². The lowest BCUT2D eigenvalue weighted by Crippen LogP contribution is -2.32. The number of hydrogen-bond donors (Lipinski definition) is 1. The van der Waals surface area contributed by atoms with Gasteiger partial charge in [-0.05, 0) is 19.1 Å². The summed E-state index contributed by atoms with van der Waals surface area (Å²) in [6.07, 6.45) is 5.53. The molecule has 1 amide bonds. The van der Waals surface area contributed by atoms with Crippen LogP contribution in [0, 0.1) is 18.2 Å². The Kier molecular flexibility index (Phi) is 4.33. The molecule has 0 heterocycles. The summed E-state index contributed by atoms with van der Waals surface area (Å²) in [5, 5.41) is 2.46.